The molecule has 1 aromatic heterocycles. The zero-order valence-corrected chi connectivity index (χ0v) is 13.0. The van der Waals surface area contributed by atoms with E-state index in [1.807, 2.05) is 23.9 Å². The van der Waals surface area contributed by atoms with Crippen LogP contribution in [0.25, 0.3) is 10.9 Å². The molecular weight excluding hydrogens is 258 g/mol. The van der Waals surface area contributed by atoms with Crippen molar-refractivity contribution >= 4 is 10.9 Å². The molecule has 2 N–H and O–H groups in total. The second-order valence-corrected chi connectivity index (χ2v) is 5.80. The Kier molecular flexibility index (Phi) is 3.30. The van der Waals surface area contributed by atoms with E-state index in [0.29, 0.717) is 0 Å². The highest BCUT2D eigenvalue weighted by atomic mass is 15.3. The van der Waals surface area contributed by atoms with Gasteiger partial charge >= 0.3 is 0 Å². The van der Waals surface area contributed by atoms with Crippen LogP contribution in [0.15, 0.2) is 36.4 Å². The zero-order chi connectivity index (χ0) is 15.1. The van der Waals surface area contributed by atoms with E-state index in [4.69, 9.17) is 5.73 Å². The maximum absolute atomic E-state index is 6.54. The van der Waals surface area contributed by atoms with Gasteiger partial charge in [-0.25, -0.2) is 0 Å². The molecule has 1 heterocycles. The number of rotatable bonds is 2. The van der Waals surface area contributed by atoms with Crippen molar-refractivity contribution in [3.63, 3.8) is 0 Å². The highest BCUT2D eigenvalue weighted by Gasteiger charge is 2.19. The number of hydrogen-bond acceptors (Lipinski definition) is 2. The summed E-state index contributed by atoms with van der Waals surface area (Å²) in [6.45, 7) is 6.38. The Morgan fingerprint density at radius 3 is 2.43 bits per heavy atom. The van der Waals surface area contributed by atoms with Crippen LogP contribution >= 0.6 is 0 Å². The lowest BCUT2D eigenvalue weighted by Crippen LogP contribution is -2.15. The standard InChI is InChI=1S/C18H21N3/c1-11-9-13(3)15(10-12(11)2)17(19)18-14-7-5-6-8-16(14)21(4)20-18/h5-10,17H,19H2,1-4H3. The van der Waals surface area contributed by atoms with Crippen LogP contribution in [0.3, 0.4) is 0 Å². The van der Waals surface area contributed by atoms with E-state index in [1.54, 1.807) is 0 Å². The Morgan fingerprint density at radius 2 is 1.67 bits per heavy atom. The molecule has 0 aliphatic carbocycles. The van der Waals surface area contributed by atoms with Gasteiger partial charge in [0.2, 0.25) is 0 Å². The molecule has 0 radical (unpaired) electrons. The average Bonchev–Trinajstić information content (AvgIpc) is 2.80. The first-order valence-electron chi connectivity index (χ1n) is 7.24. The fraction of sp³-hybridized carbons (Fsp3) is 0.278. The number of benzene rings is 2. The summed E-state index contributed by atoms with van der Waals surface area (Å²) in [6, 6.07) is 12.4. The Bertz CT molecular complexity index is 815. The summed E-state index contributed by atoms with van der Waals surface area (Å²) in [4.78, 5) is 0. The maximum Gasteiger partial charge on any atom is 0.0915 e. The zero-order valence-electron chi connectivity index (χ0n) is 13.0. The van der Waals surface area contributed by atoms with Gasteiger partial charge in [-0.1, -0.05) is 30.3 Å². The molecule has 1 atom stereocenters. The van der Waals surface area contributed by atoms with E-state index in [2.05, 4.69) is 50.1 Å². The van der Waals surface area contributed by atoms with Crippen LogP contribution in [-0.2, 0) is 7.05 Å². The molecule has 0 fully saturated rings. The largest absolute Gasteiger partial charge is 0.319 e. The van der Waals surface area contributed by atoms with Crippen molar-refractivity contribution in [1.82, 2.24) is 9.78 Å². The lowest BCUT2D eigenvalue weighted by atomic mass is 9.93. The van der Waals surface area contributed by atoms with E-state index < -0.39 is 0 Å². The molecular formula is C18H21N3. The molecule has 0 bridgehead atoms. The van der Waals surface area contributed by atoms with E-state index in [0.717, 1.165) is 22.2 Å². The Morgan fingerprint density at radius 1 is 1.00 bits per heavy atom. The van der Waals surface area contributed by atoms with Crippen LogP contribution in [-0.4, -0.2) is 9.78 Å². The molecule has 0 saturated heterocycles. The van der Waals surface area contributed by atoms with Gasteiger partial charge in [0.15, 0.2) is 0 Å². The fourth-order valence-electron chi connectivity index (χ4n) is 2.94. The first-order valence-corrected chi connectivity index (χ1v) is 7.24. The smallest absolute Gasteiger partial charge is 0.0915 e. The van der Waals surface area contributed by atoms with Crippen LogP contribution in [0.5, 0.6) is 0 Å². The van der Waals surface area contributed by atoms with Crippen molar-refractivity contribution in [2.75, 3.05) is 0 Å². The molecule has 3 heteroatoms. The van der Waals surface area contributed by atoms with E-state index in [-0.39, 0.29) is 6.04 Å². The van der Waals surface area contributed by atoms with E-state index in [1.165, 1.54) is 16.7 Å². The molecule has 0 amide bonds. The van der Waals surface area contributed by atoms with Gasteiger partial charge in [0, 0.05) is 12.4 Å². The topological polar surface area (TPSA) is 43.8 Å². The first-order chi connectivity index (χ1) is 9.99. The van der Waals surface area contributed by atoms with E-state index >= 15 is 0 Å². The van der Waals surface area contributed by atoms with Gasteiger partial charge in [-0.15, -0.1) is 0 Å². The molecule has 3 aromatic rings. The minimum Gasteiger partial charge on any atom is -0.319 e. The predicted octanol–water partition coefficient (Wildman–Crippen LogP) is 3.55. The number of para-hydroxylation sites is 1. The summed E-state index contributed by atoms with van der Waals surface area (Å²) in [5.41, 5.74) is 13.5. The lowest BCUT2D eigenvalue weighted by molar-refractivity contribution is 0.729. The average molecular weight is 279 g/mol. The number of hydrogen-bond donors (Lipinski definition) is 1. The highest BCUT2D eigenvalue weighted by molar-refractivity contribution is 5.82. The molecule has 3 nitrogen and oxygen atoms in total. The Labute approximate surface area is 125 Å². The maximum atomic E-state index is 6.54. The lowest BCUT2D eigenvalue weighted by Gasteiger charge is -2.15. The van der Waals surface area contributed by atoms with Crippen LogP contribution in [0.1, 0.15) is 34.0 Å². The van der Waals surface area contributed by atoms with Crippen LogP contribution in [0, 0.1) is 20.8 Å². The number of nitrogens with two attached hydrogens (primary N) is 1. The van der Waals surface area contributed by atoms with Crippen molar-refractivity contribution in [2.24, 2.45) is 12.8 Å². The fourth-order valence-corrected chi connectivity index (χ4v) is 2.94. The molecule has 0 saturated carbocycles. The van der Waals surface area contributed by atoms with Crippen molar-refractivity contribution in [2.45, 2.75) is 26.8 Å². The molecule has 21 heavy (non-hydrogen) atoms. The third kappa shape index (κ3) is 2.24. The summed E-state index contributed by atoms with van der Waals surface area (Å²) in [6.07, 6.45) is 0. The van der Waals surface area contributed by atoms with Gasteiger partial charge < -0.3 is 5.73 Å². The minimum atomic E-state index is -0.199. The number of nitrogens with zero attached hydrogens (tertiary/aromatic N) is 2. The minimum absolute atomic E-state index is 0.199. The molecule has 0 spiro atoms. The summed E-state index contributed by atoms with van der Waals surface area (Å²) in [7, 11) is 1.96. The van der Waals surface area contributed by atoms with Crippen LogP contribution in [0.4, 0.5) is 0 Å². The second kappa shape index (κ2) is 5.01. The third-order valence-corrected chi connectivity index (χ3v) is 4.30. The molecule has 0 aliphatic heterocycles. The second-order valence-electron chi connectivity index (χ2n) is 5.80. The van der Waals surface area contributed by atoms with Crippen molar-refractivity contribution < 1.29 is 0 Å². The van der Waals surface area contributed by atoms with Gasteiger partial charge in [0.05, 0.1) is 17.3 Å². The number of fused-ring (bicyclic) bond motifs is 1. The molecule has 2 aromatic carbocycles. The monoisotopic (exact) mass is 279 g/mol. The van der Waals surface area contributed by atoms with Crippen LogP contribution < -0.4 is 5.73 Å². The van der Waals surface area contributed by atoms with Gasteiger partial charge in [0.25, 0.3) is 0 Å². The molecule has 108 valence electrons. The Balaban J connectivity index is 2.17. The molecule has 0 aliphatic rings. The van der Waals surface area contributed by atoms with Crippen LogP contribution in [0.2, 0.25) is 0 Å². The van der Waals surface area contributed by atoms with Crippen molar-refractivity contribution in [3.8, 4) is 0 Å². The summed E-state index contributed by atoms with van der Waals surface area (Å²) < 4.78 is 1.90. The highest BCUT2D eigenvalue weighted by Crippen LogP contribution is 2.29. The molecule has 3 rings (SSSR count). The normalized spacial score (nSPS) is 12.8. The van der Waals surface area contributed by atoms with E-state index in [9.17, 15) is 0 Å². The first kappa shape index (κ1) is 13.8. The summed E-state index contributed by atoms with van der Waals surface area (Å²) in [5.74, 6) is 0. The van der Waals surface area contributed by atoms with Gasteiger partial charge in [-0.2, -0.15) is 5.10 Å². The quantitative estimate of drug-likeness (QED) is 0.779. The van der Waals surface area contributed by atoms with Gasteiger partial charge in [-0.05, 0) is 49.1 Å². The number of aromatic nitrogens is 2. The van der Waals surface area contributed by atoms with Crippen molar-refractivity contribution in [3.05, 3.63) is 64.3 Å². The number of aryl methyl sites for hydroxylation is 4. The van der Waals surface area contributed by atoms with Gasteiger partial charge in [0.1, 0.15) is 0 Å². The van der Waals surface area contributed by atoms with Crippen molar-refractivity contribution in [1.29, 1.82) is 0 Å². The van der Waals surface area contributed by atoms with Gasteiger partial charge in [-0.3, -0.25) is 4.68 Å². The summed E-state index contributed by atoms with van der Waals surface area (Å²) >= 11 is 0. The Hall–Kier alpha value is -2.13. The molecule has 1 unspecified atom stereocenters. The summed E-state index contributed by atoms with van der Waals surface area (Å²) in [5, 5.41) is 5.78. The SMILES string of the molecule is Cc1cc(C)c(C(N)c2nn(C)c3ccccc23)cc1C. The third-order valence-electron chi connectivity index (χ3n) is 4.30. The predicted molar refractivity (Wildman–Crippen MR) is 87.4 cm³/mol.